The van der Waals surface area contributed by atoms with Gasteiger partial charge in [-0.3, -0.25) is 4.90 Å². The number of aliphatic hydroxyl groups is 1. The molecule has 3 heterocycles. The number of hydrogen-bond acceptors (Lipinski definition) is 3. The fourth-order valence-electron chi connectivity index (χ4n) is 2.69. The maximum Gasteiger partial charge on any atom is 0.417 e. The van der Waals surface area contributed by atoms with E-state index in [2.05, 4.69) is 4.98 Å². The normalized spacial score (nSPS) is 19.7. The van der Waals surface area contributed by atoms with E-state index in [1.807, 2.05) is 11.1 Å². The van der Waals surface area contributed by atoms with Crippen molar-refractivity contribution >= 4 is 17.2 Å². The van der Waals surface area contributed by atoms with Crippen LogP contribution in [-0.2, 0) is 6.54 Å². The van der Waals surface area contributed by atoms with E-state index in [0.29, 0.717) is 11.6 Å². The highest BCUT2D eigenvalue weighted by molar-refractivity contribution is 6.30. The second kappa shape index (κ2) is 5.40. The lowest BCUT2D eigenvalue weighted by Crippen LogP contribution is -2.53. The van der Waals surface area contributed by atoms with Crippen LogP contribution < -0.4 is 0 Å². The van der Waals surface area contributed by atoms with Gasteiger partial charge in [-0.25, -0.2) is 4.98 Å². The third-order valence-corrected chi connectivity index (χ3v) is 4.28. The number of halogens is 4. The van der Waals surface area contributed by atoms with Gasteiger partial charge in [0.1, 0.15) is 5.65 Å². The second-order valence-electron chi connectivity index (χ2n) is 5.65. The van der Waals surface area contributed by atoms with E-state index in [4.69, 9.17) is 11.6 Å². The molecular formula is C14H15ClF3N3O. The van der Waals surface area contributed by atoms with Gasteiger partial charge in [0.2, 0.25) is 0 Å². The van der Waals surface area contributed by atoms with Crippen molar-refractivity contribution in [3.63, 3.8) is 0 Å². The van der Waals surface area contributed by atoms with Gasteiger partial charge in [0.05, 0.1) is 10.7 Å². The van der Waals surface area contributed by atoms with Crippen LogP contribution in [0.2, 0.25) is 5.02 Å². The molecule has 0 radical (unpaired) electrons. The minimum absolute atomic E-state index is 0.185. The van der Waals surface area contributed by atoms with E-state index in [9.17, 15) is 18.3 Å². The molecule has 4 nitrogen and oxygen atoms in total. The van der Waals surface area contributed by atoms with Crippen molar-refractivity contribution in [1.82, 2.24) is 14.3 Å². The lowest BCUT2D eigenvalue weighted by molar-refractivity contribution is -0.272. The molecule has 1 aliphatic heterocycles. The lowest BCUT2D eigenvalue weighted by Gasteiger charge is -2.38. The molecule has 0 unspecified atom stereocenters. The fraction of sp³-hybridized carbons (Fsp3) is 0.500. The first kappa shape index (κ1) is 15.6. The highest BCUT2D eigenvalue weighted by atomic mass is 35.5. The number of hydrogen-bond donors (Lipinski definition) is 1. The molecular weight excluding hydrogens is 319 g/mol. The monoisotopic (exact) mass is 333 g/mol. The number of piperidine rings is 1. The number of pyridine rings is 1. The molecule has 1 N–H and O–H groups in total. The number of fused-ring (bicyclic) bond motifs is 1. The molecule has 0 aromatic carbocycles. The van der Waals surface area contributed by atoms with Crippen molar-refractivity contribution in [1.29, 1.82) is 0 Å². The minimum atomic E-state index is -4.57. The van der Waals surface area contributed by atoms with E-state index in [0.717, 1.165) is 11.3 Å². The summed E-state index contributed by atoms with van der Waals surface area (Å²) in [5, 5.41) is 10.2. The Morgan fingerprint density at radius 3 is 2.55 bits per heavy atom. The Kier molecular flexibility index (Phi) is 3.82. The van der Waals surface area contributed by atoms with Crippen LogP contribution in [0, 0.1) is 0 Å². The van der Waals surface area contributed by atoms with Crippen molar-refractivity contribution < 1.29 is 18.3 Å². The maximum absolute atomic E-state index is 12.8. The van der Waals surface area contributed by atoms with Crippen molar-refractivity contribution in [2.75, 3.05) is 13.1 Å². The van der Waals surface area contributed by atoms with Crippen LogP contribution in [0.3, 0.4) is 0 Å². The molecule has 0 atom stereocenters. The second-order valence-corrected chi connectivity index (χ2v) is 6.09. The molecule has 2 aromatic heterocycles. The van der Waals surface area contributed by atoms with Crippen molar-refractivity contribution in [2.45, 2.75) is 31.2 Å². The van der Waals surface area contributed by atoms with Gasteiger partial charge < -0.3 is 9.51 Å². The molecule has 8 heteroatoms. The van der Waals surface area contributed by atoms with Crippen LogP contribution in [0.1, 0.15) is 18.5 Å². The predicted octanol–water partition coefficient (Wildman–Crippen LogP) is 2.88. The standard InChI is InChI=1S/C14H15ClF3N3O/c15-10-1-2-12-19-11(9-21(12)7-10)8-20-5-3-13(22,4-6-20)14(16,17)18/h1-2,7,9,22H,3-6,8H2. The number of aromatic nitrogens is 2. The van der Waals surface area contributed by atoms with Crippen molar-refractivity contribution in [3.8, 4) is 0 Å². The average molecular weight is 334 g/mol. The summed E-state index contributed by atoms with van der Waals surface area (Å²) in [5.41, 5.74) is -1.06. The van der Waals surface area contributed by atoms with Crippen LogP contribution >= 0.6 is 11.6 Å². The number of rotatable bonds is 2. The number of alkyl halides is 3. The minimum Gasteiger partial charge on any atom is -0.380 e. The SMILES string of the molecule is OC1(C(F)(F)F)CCN(Cc2cn3cc(Cl)ccc3n2)CC1. The Balaban J connectivity index is 1.67. The summed E-state index contributed by atoms with van der Waals surface area (Å²) in [6, 6.07) is 3.52. The largest absolute Gasteiger partial charge is 0.417 e. The first-order valence-corrected chi connectivity index (χ1v) is 7.29. The topological polar surface area (TPSA) is 40.8 Å². The molecule has 120 valence electrons. The summed E-state index contributed by atoms with van der Waals surface area (Å²) in [6.07, 6.45) is -1.65. The zero-order valence-corrected chi connectivity index (χ0v) is 12.4. The molecule has 0 saturated carbocycles. The molecule has 1 saturated heterocycles. The van der Waals surface area contributed by atoms with E-state index in [-0.39, 0.29) is 25.9 Å². The van der Waals surface area contributed by atoms with E-state index in [1.165, 1.54) is 0 Å². The molecule has 1 fully saturated rings. The summed E-state index contributed by atoms with van der Waals surface area (Å²) in [4.78, 5) is 6.28. The molecule has 3 rings (SSSR count). The average Bonchev–Trinajstić information content (AvgIpc) is 2.81. The van der Waals surface area contributed by atoms with E-state index < -0.39 is 11.8 Å². The maximum atomic E-state index is 12.8. The molecule has 0 aliphatic carbocycles. The Hall–Kier alpha value is -1.31. The third kappa shape index (κ3) is 2.93. The first-order chi connectivity index (χ1) is 10.3. The first-order valence-electron chi connectivity index (χ1n) is 6.91. The van der Waals surface area contributed by atoms with Crippen LogP contribution in [-0.4, -0.2) is 44.3 Å². The van der Waals surface area contributed by atoms with Crippen LogP contribution in [0.5, 0.6) is 0 Å². The molecule has 0 spiro atoms. The van der Waals surface area contributed by atoms with Crippen molar-refractivity contribution in [3.05, 3.63) is 35.2 Å². The van der Waals surface area contributed by atoms with Crippen molar-refractivity contribution in [2.24, 2.45) is 0 Å². The van der Waals surface area contributed by atoms with E-state index >= 15 is 0 Å². The van der Waals surface area contributed by atoms with Gasteiger partial charge in [-0.2, -0.15) is 13.2 Å². The summed E-state index contributed by atoms with van der Waals surface area (Å²) in [7, 11) is 0. The van der Waals surface area contributed by atoms with Gasteiger partial charge in [-0.05, 0) is 25.0 Å². The van der Waals surface area contributed by atoms with Crippen LogP contribution in [0.4, 0.5) is 13.2 Å². The molecule has 1 aliphatic rings. The summed E-state index contributed by atoms with van der Waals surface area (Å²) in [6.45, 7) is 0.822. The number of nitrogens with zero attached hydrogens (tertiary/aromatic N) is 3. The van der Waals surface area contributed by atoms with Gasteiger partial charge in [-0.15, -0.1) is 0 Å². The molecule has 2 aromatic rings. The summed E-state index contributed by atoms with van der Waals surface area (Å²) >= 11 is 5.90. The van der Waals surface area contributed by atoms with Gasteiger partial charge >= 0.3 is 6.18 Å². The molecule has 0 bridgehead atoms. The van der Waals surface area contributed by atoms with Gasteiger partial charge in [-0.1, -0.05) is 11.6 Å². The number of imidazole rings is 1. The lowest BCUT2D eigenvalue weighted by atomic mass is 9.91. The van der Waals surface area contributed by atoms with Crippen LogP contribution in [0.15, 0.2) is 24.5 Å². The Morgan fingerprint density at radius 2 is 1.91 bits per heavy atom. The van der Waals surface area contributed by atoms with E-state index in [1.54, 1.807) is 22.7 Å². The third-order valence-electron chi connectivity index (χ3n) is 4.06. The highest BCUT2D eigenvalue weighted by Gasteiger charge is 2.54. The quantitative estimate of drug-likeness (QED) is 0.918. The molecule has 0 amide bonds. The number of likely N-dealkylation sites (tertiary alicyclic amines) is 1. The van der Waals surface area contributed by atoms with Gasteiger partial charge in [0, 0.05) is 32.0 Å². The highest BCUT2D eigenvalue weighted by Crippen LogP contribution is 2.38. The van der Waals surface area contributed by atoms with Gasteiger partial charge in [0.25, 0.3) is 0 Å². The van der Waals surface area contributed by atoms with Crippen LogP contribution in [0.25, 0.3) is 5.65 Å². The fourth-order valence-corrected chi connectivity index (χ4v) is 2.86. The predicted molar refractivity (Wildman–Crippen MR) is 75.7 cm³/mol. The zero-order chi connectivity index (χ0) is 16.0. The smallest absolute Gasteiger partial charge is 0.380 e. The Bertz CT molecular complexity index is 678. The zero-order valence-electron chi connectivity index (χ0n) is 11.6. The molecule has 22 heavy (non-hydrogen) atoms. The Labute approximate surface area is 130 Å². The Morgan fingerprint density at radius 1 is 1.23 bits per heavy atom. The summed E-state index contributed by atoms with van der Waals surface area (Å²) < 4.78 is 40.1. The summed E-state index contributed by atoms with van der Waals surface area (Å²) in [5.74, 6) is 0. The van der Waals surface area contributed by atoms with Gasteiger partial charge in [0.15, 0.2) is 5.60 Å².